The first-order valence-electron chi connectivity index (χ1n) is 4.86. The second-order valence-electron chi connectivity index (χ2n) is 5.10. The van der Waals surface area contributed by atoms with Crippen molar-refractivity contribution in [2.24, 2.45) is 17.8 Å². The zero-order valence-electron chi connectivity index (χ0n) is 7.64. The molecule has 2 bridgehead atoms. The Balaban J connectivity index is 2.08. The van der Waals surface area contributed by atoms with Crippen LogP contribution in [0, 0.1) is 17.8 Å². The summed E-state index contributed by atoms with van der Waals surface area (Å²) in [5.41, 5.74) is 0. The van der Waals surface area contributed by atoms with Crippen LogP contribution < -0.4 is 0 Å². The van der Waals surface area contributed by atoms with E-state index in [1.54, 1.807) is 0 Å². The van der Waals surface area contributed by atoms with E-state index in [0.717, 1.165) is 17.8 Å². The minimum Gasteiger partial charge on any atom is -0.0686 e. The predicted octanol–water partition coefficient (Wildman–Crippen LogP) is 2.79. The highest BCUT2D eigenvalue weighted by Gasteiger charge is 2.43. The van der Waals surface area contributed by atoms with E-state index < -0.39 is 0 Å². The number of fused-ring (bicyclic) bond motifs is 2. The Labute approximate surface area is 71.2 Å². The molecule has 1 heteroatoms. The van der Waals surface area contributed by atoms with E-state index in [-0.39, 0.29) is 5.31 Å². The van der Waals surface area contributed by atoms with Crippen molar-refractivity contribution in [2.45, 2.75) is 44.8 Å². The van der Waals surface area contributed by atoms with Gasteiger partial charge in [0, 0.05) is 0 Å². The van der Waals surface area contributed by atoms with Crippen molar-refractivity contribution < 1.29 is 0 Å². The molecule has 0 aliphatic heterocycles. The van der Waals surface area contributed by atoms with Gasteiger partial charge in [-0.15, -0.1) is 0 Å². The summed E-state index contributed by atoms with van der Waals surface area (Å²) in [5, 5.41) is 0.0832. The van der Waals surface area contributed by atoms with Crippen LogP contribution in [0.5, 0.6) is 0 Å². The van der Waals surface area contributed by atoms with Crippen LogP contribution in [0.4, 0.5) is 0 Å². The number of hydrogen-bond acceptors (Lipinski definition) is 0. The molecule has 0 spiro atoms. The summed E-state index contributed by atoms with van der Waals surface area (Å²) >= 11 is 0. The van der Waals surface area contributed by atoms with Gasteiger partial charge in [-0.1, -0.05) is 25.6 Å². The predicted molar refractivity (Wildman–Crippen MR) is 48.7 cm³/mol. The maximum absolute atomic E-state index is 6.13. The molecule has 2 fully saturated rings. The zero-order chi connectivity index (χ0) is 8.06. The minimum atomic E-state index is 0.0832. The smallest absolute Gasteiger partial charge is 0.0686 e. The highest BCUT2D eigenvalue weighted by Crippen LogP contribution is 2.55. The van der Waals surface area contributed by atoms with Gasteiger partial charge in [-0.2, -0.15) is 0 Å². The van der Waals surface area contributed by atoms with Gasteiger partial charge in [-0.3, -0.25) is 0 Å². The van der Waals surface area contributed by atoms with Crippen LogP contribution in [-0.2, 0) is 0 Å². The van der Waals surface area contributed by atoms with E-state index in [4.69, 9.17) is 7.85 Å². The maximum atomic E-state index is 6.13. The highest BCUT2D eigenvalue weighted by molar-refractivity contribution is 6.14. The molecule has 2 rings (SSSR count). The van der Waals surface area contributed by atoms with Gasteiger partial charge in [0.05, 0.1) is 7.85 Å². The van der Waals surface area contributed by atoms with Gasteiger partial charge in [0.2, 0.25) is 0 Å². The van der Waals surface area contributed by atoms with Gasteiger partial charge >= 0.3 is 0 Å². The average molecular weight is 148 g/mol. The van der Waals surface area contributed by atoms with Crippen LogP contribution in [0.15, 0.2) is 0 Å². The molecule has 0 aromatic heterocycles. The molecule has 2 aliphatic rings. The summed E-state index contributed by atoms with van der Waals surface area (Å²) in [5.74, 6) is 2.83. The van der Waals surface area contributed by atoms with E-state index in [0.29, 0.717) is 0 Å². The second-order valence-corrected chi connectivity index (χ2v) is 5.10. The van der Waals surface area contributed by atoms with E-state index >= 15 is 0 Å². The van der Waals surface area contributed by atoms with Crippen molar-refractivity contribution in [1.82, 2.24) is 0 Å². The first-order chi connectivity index (χ1) is 5.07. The molecule has 3 atom stereocenters. The van der Waals surface area contributed by atoms with Crippen molar-refractivity contribution in [3.05, 3.63) is 0 Å². The molecule has 60 valence electrons. The summed E-state index contributed by atoms with van der Waals surface area (Å²) in [6.45, 7) is 4.39. The molecule has 2 radical (unpaired) electrons. The third-order valence-electron chi connectivity index (χ3n) is 3.69. The van der Waals surface area contributed by atoms with Crippen LogP contribution in [0.3, 0.4) is 0 Å². The number of rotatable bonds is 1. The van der Waals surface area contributed by atoms with Gasteiger partial charge < -0.3 is 0 Å². The maximum Gasteiger partial charge on any atom is 0.0742 e. The summed E-state index contributed by atoms with van der Waals surface area (Å²) in [7, 11) is 6.13. The molecule has 3 unspecified atom stereocenters. The quantitative estimate of drug-likeness (QED) is 0.501. The molecule has 0 aromatic rings. The monoisotopic (exact) mass is 148 g/mol. The molecule has 0 saturated heterocycles. The standard InChI is InChI=1S/C10H17B/c1-10(2,11)9-6-7-3-4-8(9)5-7/h7-9H,3-6H2,1-2H3. The van der Waals surface area contributed by atoms with Crippen LogP contribution in [0.25, 0.3) is 0 Å². The van der Waals surface area contributed by atoms with E-state index in [1.165, 1.54) is 25.7 Å². The number of hydrogen-bond donors (Lipinski definition) is 0. The Morgan fingerprint density at radius 1 is 1.18 bits per heavy atom. The Bertz CT molecular complexity index is 157. The lowest BCUT2D eigenvalue weighted by Gasteiger charge is -2.34. The summed E-state index contributed by atoms with van der Waals surface area (Å²) in [6.07, 6.45) is 5.83. The SMILES string of the molecule is [B]C(C)(C)C1CC2CCC1C2. The zero-order valence-corrected chi connectivity index (χ0v) is 7.64. The normalized spacial score (nSPS) is 43.3. The molecule has 2 aliphatic carbocycles. The molecule has 0 heterocycles. The first-order valence-corrected chi connectivity index (χ1v) is 4.86. The Morgan fingerprint density at radius 2 is 1.91 bits per heavy atom. The van der Waals surface area contributed by atoms with E-state index in [2.05, 4.69) is 13.8 Å². The molecular weight excluding hydrogens is 131 g/mol. The van der Waals surface area contributed by atoms with Crippen molar-refractivity contribution in [3.63, 3.8) is 0 Å². The van der Waals surface area contributed by atoms with Gasteiger partial charge in [0.25, 0.3) is 0 Å². The fourth-order valence-corrected chi connectivity index (χ4v) is 3.16. The van der Waals surface area contributed by atoms with Crippen molar-refractivity contribution >= 4 is 7.85 Å². The molecule has 0 nitrogen and oxygen atoms in total. The van der Waals surface area contributed by atoms with Gasteiger partial charge in [0.1, 0.15) is 0 Å². The molecule has 2 saturated carbocycles. The Kier molecular flexibility index (Phi) is 1.59. The fourth-order valence-electron chi connectivity index (χ4n) is 3.16. The van der Waals surface area contributed by atoms with Crippen molar-refractivity contribution in [1.29, 1.82) is 0 Å². The molecule has 11 heavy (non-hydrogen) atoms. The Hall–Kier alpha value is 0.0649. The third kappa shape index (κ3) is 1.23. The van der Waals surface area contributed by atoms with Crippen LogP contribution >= 0.6 is 0 Å². The van der Waals surface area contributed by atoms with Crippen LogP contribution in [0.1, 0.15) is 39.5 Å². The molecular formula is C10H17B. The largest absolute Gasteiger partial charge is 0.0742 e. The minimum absolute atomic E-state index is 0.0832. The van der Waals surface area contributed by atoms with Gasteiger partial charge in [0.15, 0.2) is 0 Å². The van der Waals surface area contributed by atoms with Crippen LogP contribution in [0.2, 0.25) is 5.31 Å². The first kappa shape index (κ1) is 7.70. The highest BCUT2D eigenvalue weighted by atomic mass is 14.5. The molecule has 0 amide bonds. The van der Waals surface area contributed by atoms with Crippen LogP contribution in [-0.4, -0.2) is 7.85 Å². The lowest BCUT2D eigenvalue weighted by Crippen LogP contribution is -2.22. The van der Waals surface area contributed by atoms with E-state index in [1.807, 2.05) is 0 Å². The summed E-state index contributed by atoms with van der Waals surface area (Å²) in [4.78, 5) is 0. The van der Waals surface area contributed by atoms with E-state index in [9.17, 15) is 0 Å². The third-order valence-corrected chi connectivity index (χ3v) is 3.69. The fraction of sp³-hybridized carbons (Fsp3) is 1.00. The Morgan fingerprint density at radius 3 is 2.18 bits per heavy atom. The molecule has 0 aromatic carbocycles. The van der Waals surface area contributed by atoms with Crippen molar-refractivity contribution in [3.8, 4) is 0 Å². The molecule has 0 N–H and O–H groups in total. The summed E-state index contributed by atoms with van der Waals surface area (Å²) < 4.78 is 0. The lowest BCUT2D eigenvalue weighted by atomic mass is 9.59. The van der Waals surface area contributed by atoms with Gasteiger partial charge in [-0.05, 0) is 37.0 Å². The summed E-state index contributed by atoms with van der Waals surface area (Å²) in [6, 6.07) is 0. The average Bonchev–Trinajstić information content (AvgIpc) is 2.42. The van der Waals surface area contributed by atoms with Crippen molar-refractivity contribution in [2.75, 3.05) is 0 Å². The van der Waals surface area contributed by atoms with Gasteiger partial charge in [-0.25, -0.2) is 0 Å². The second kappa shape index (κ2) is 2.28. The topological polar surface area (TPSA) is 0 Å². The lowest BCUT2D eigenvalue weighted by molar-refractivity contribution is 0.269.